The Hall–Kier alpha value is -0.120. The van der Waals surface area contributed by atoms with Crippen molar-refractivity contribution in [2.45, 2.75) is 38.1 Å². The van der Waals surface area contributed by atoms with Crippen LogP contribution in [0.1, 0.15) is 19.8 Å². The van der Waals surface area contributed by atoms with Gasteiger partial charge in [-0.05, 0) is 13.3 Å². The topological polar surface area (TPSA) is 49.7 Å². The second-order valence-electron chi connectivity index (χ2n) is 2.88. The van der Waals surface area contributed by atoms with Gasteiger partial charge in [-0.15, -0.1) is 0 Å². The van der Waals surface area contributed by atoms with Crippen molar-refractivity contribution in [3.63, 3.8) is 0 Å². The standard InChI is InChI=1S/C7H14O3/c1-5-2-6(9)3-7(4-8)10-5/h5-9H,2-4H2,1H3/t5-,6+,7-/m0/s1. The summed E-state index contributed by atoms with van der Waals surface area (Å²) in [6, 6.07) is 0. The zero-order valence-corrected chi connectivity index (χ0v) is 6.16. The predicted molar refractivity (Wildman–Crippen MR) is 36.7 cm³/mol. The maximum atomic E-state index is 9.19. The lowest BCUT2D eigenvalue weighted by Crippen LogP contribution is -2.35. The summed E-state index contributed by atoms with van der Waals surface area (Å²) >= 11 is 0. The van der Waals surface area contributed by atoms with Crippen LogP contribution in [0.25, 0.3) is 0 Å². The van der Waals surface area contributed by atoms with E-state index < -0.39 is 0 Å². The molecule has 0 radical (unpaired) electrons. The third-order valence-corrected chi connectivity index (χ3v) is 1.77. The van der Waals surface area contributed by atoms with Crippen LogP contribution in [-0.4, -0.2) is 35.1 Å². The Morgan fingerprint density at radius 1 is 1.50 bits per heavy atom. The van der Waals surface area contributed by atoms with Gasteiger partial charge in [-0.1, -0.05) is 0 Å². The molecule has 1 rings (SSSR count). The van der Waals surface area contributed by atoms with E-state index in [0.717, 1.165) is 0 Å². The minimum Gasteiger partial charge on any atom is -0.394 e. The highest BCUT2D eigenvalue weighted by Crippen LogP contribution is 2.18. The fourth-order valence-corrected chi connectivity index (χ4v) is 1.34. The SMILES string of the molecule is C[C@H]1C[C@@H](O)C[C@@H](CO)O1. The Morgan fingerprint density at radius 3 is 2.70 bits per heavy atom. The van der Waals surface area contributed by atoms with Crippen LogP contribution in [0.5, 0.6) is 0 Å². The van der Waals surface area contributed by atoms with Crippen LogP contribution in [0.15, 0.2) is 0 Å². The fourth-order valence-electron chi connectivity index (χ4n) is 1.34. The molecule has 0 aromatic heterocycles. The van der Waals surface area contributed by atoms with Gasteiger partial charge in [0.05, 0.1) is 24.9 Å². The lowest BCUT2D eigenvalue weighted by atomic mass is 10.0. The predicted octanol–water partition coefficient (Wildman–Crippen LogP) is -0.0929. The van der Waals surface area contributed by atoms with Crippen LogP contribution in [0.2, 0.25) is 0 Å². The molecule has 0 aromatic rings. The van der Waals surface area contributed by atoms with Crippen molar-refractivity contribution >= 4 is 0 Å². The Labute approximate surface area is 60.6 Å². The molecule has 1 aliphatic heterocycles. The van der Waals surface area contributed by atoms with Gasteiger partial charge in [-0.2, -0.15) is 0 Å². The van der Waals surface area contributed by atoms with Crippen LogP contribution in [0, 0.1) is 0 Å². The van der Waals surface area contributed by atoms with Gasteiger partial charge < -0.3 is 14.9 Å². The van der Waals surface area contributed by atoms with Crippen LogP contribution in [-0.2, 0) is 4.74 Å². The van der Waals surface area contributed by atoms with E-state index in [1.807, 2.05) is 6.92 Å². The van der Waals surface area contributed by atoms with E-state index in [4.69, 9.17) is 9.84 Å². The summed E-state index contributed by atoms with van der Waals surface area (Å²) in [5, 5.41) is 17.9. The van der Waals surface area contributed by atoms with Gasteiger partial charge in [0.15, 0.2) is 0 Å². The summed E-state index contributed by atoms with van der Waals surface area (Å²) in [5.41, 5.74) is 0. The molecule has 0 amide bonds. The zero-order valence-electron chi connectivity index (χ0n) is 6.16. The first-order valence-corrected chi connectivity index (χ1v) is 3.66. The molecule has 0 aromatic carbocycles. The first kappa shape index (κ1) is 7.98. The summed E-state index contributed by atoms with van der Waals surface area (Å²) in [7, 11) is 0. The first-order valence-electron chi connectivity index (χ1n) is 3.66. The molecular formula is C7H14O3. The molecule has 0 saturated carbocycles. The molecule has 1 fully saturated rings. The number of rotatable bonds is 1. The quantitative estimate of drug-likeness (QED) is 0.543. The number of hydrogen-bond acceptors (Lipinski definition) is 3. The molecular weight excluding hydrogens is 132 g/mol. The van der Waals surface area contributed by atoms with E-state index in [9.17, 15) is 5.11 Å². The molecule has 0 bridgehead atoms. The van der Waals surface area contributed by atoms with Crippen molar-refractivity contribution in [2.75, 3.05) is 6.61 Å². The molecule has 3 nitrogen and oxygen atoms in total. The minimum atomic E-state index is -0.291. The van der Waals surface area contributed by atoms with Crippen molar-refractivity contribution in [1.82, 2.24) is 0 Å². The normalized spacial score (nSPS) is 41.7. The monoisotopic (exact) mass is 146 g/mol. The van der Waals surface area contributed by atoms with Crippen molar-refractivity contribution < 1.29 is 14.9 Å². The van der Waals surface area contributed by atoms with Gasteiger partial charge in [0.25, 0.3) is 0 Å². The highest BCUT2D eigenvalue weighted by atomic mass is 16.5. The maximum absolute atomic E-state index is 9.19. The second-order valence-corrected chi connectivity index (χ2v) is 2.88. The van der Waals surface area contributed by atoms with Gasteiger partial charge in [0, 0.05) is 6.42 Å². The third-order valence-electron chi connectivity index (χ3n) is 1.77. The maximum Gasteiger partial charge on any atom is 0.0833 e. The Balaban J connectivity index is 2.35. The van der Waals surface area contributed by atoms with E-state index in [1.54, 1.807) is 0 Å². The lowest BCUT2D eigenvalue weighted by Gasteiger charge is -2.29. The Bertz CT molecular complexity index is 95.0. The van der Waals surface area contributed by atoms with Crippen LogP contribution >= 0.6 is 0 Å². The van der Waals surface area contributed by atoms with Crippen LogP contribution < -0.4 is 0 Å². The zero-order chi connectivity index (χ0) is 7.56. The number of aliphatic hydroxyl groups is 2. The molecule has 1 aliphatic rings. The van der Waals surface area contributed by atoms with E-state index in [0.29, 0.717) is 12.8 Å². The van der Waals surface area contributed by atoms with Crippen LogP contribution in [0.3, 0.4) is 0 Å². The first-order chi connectivity index (χ1) is 4.72. The van der Waals surface area contributed by atoms with E-state index >= 15 is 0 Å². The highest BCUT2D eigenvalue weighted by Gasteiger charge is 2.24. The third kappa shape index (κ3) is 1.94. The second kappa shape index (κ2) is 3.32. The average Bonchev–Trinajstić information content (AvgIpc) is 1.85. The molecule has 3 atom stereocenters. The van der Waals surface area contributed by atoms with E-state index in [2.05, 4.69) is 0 Å². The Morgan fingerprint density at radius 2 is 2.20 bits per heavy atom. The number of aliphatic hydroxyl groups excluding tert-OH is 2. The van der Waals surface area contributed by atoms with Gasteiger partial charge >= 0.3 is 0 Å². The molecule has 0 unspecified atom stereocenters. The van der Waals surface area contributed by atoms with E-state index in [-0.39, 0.29) is 24.9 Å². The molecule has 60 valence electrons. The average molecular weight is 146 g/mol. The number of ether oxygens (including phenoxy) is 1. The van der Waals surface area contributed by atoms with Crippen LogP contribution in [0.4, 0.5) is 0 Å². The van der Waals surface area contributed by atoms with Crippen molar-refractivity contribution in [2.24, 2.45) is 0 Å². The molecule has 3 heteroatoms. The van der Waals surface area contributed by atoms with Crippen molar-refractivity contribution in [3.8, 4) is 0 Å². The van der Waals surface area contributed by atoms with Gasteiger partial charge in [-0.3, -0.25) is 0 Å². The highest BCUT2D eigenvalue weighted by molar-refractivity contribution is 4.73. The fraction of sp³-hybridized carbons (Fsp3) is 1.00. The largest absolute Gasteiger partial charge is 0.394 e. The molecule has 1 saturated heterocycles. The summed E-state index contributed by atoms with van der Waals surface area (Å²) in [6.07, 6.45) is 0.901. The Kier molecular flexibility index (Phi) is 2.65. The molecule has 1 heterocycles. The van der Waals surface area contributed by atoms with Gasteiger partial charge in [0.2, 0.25) is 0 Å². The summed E-state index contributed by atoms with van der Waals surface area (Å²) in [4.78, 5) is 0. The minimum absolute atomic E-state index is 0.0153. The smallest absolute Gasteiger partial charge is 0.0833 e. The van der Waals surface area contributed by atoms with Gasteiger partial charge in [-0.25, -0.2) is 0 Å². The lowest BCUT2D eigenvalue weighted by molar-refractivity contribution is -0.104. The summed E-state index contributed by atoms with van der Waals surface area (Å²) < 4.78 is 5.30. The summed E-state index contributed by atoms with van der Waals surface area (Å²) in [6.45, 7) is 1.92. The van der Waals surface area contributed by atoms with E-state index in [1.165, 1.54) is 0 Å². The molecule has 0 spiro atoms. The van der Waals surface area contributed by atoms with Crippen molar-refractivity contribution in [3.05, 3.63) is 0 Å². The molecule has 2 N–H and O–H groups in total. The molecule has 10 heavy (non-hydrogen) atoms. The van der Waals surface area contributed by atoms with Gasteiger partial charge in [0.1, 0.15) is 0 Å². The molecule has 0 aliphatic carbocycles. The number of hydrogen-bond donors (Lipinski definition) is 2. The summed E-state index contributed by atoms with van der Waals surface area (Å²) in [5.74, 6) is 0. The van der Waals surface area contributed by atoms with Crippen molar-refractivity contribution in [1.29, 1.82) is 0 Å².